The summed E-state index contributed by atoms with van der Waals surface area (Å²) >= 11 is 0. The Morgan fingerprint density at radius 2 is 1.65 bits per heavy atom. The van der Waals surface area contributed by atoms with Crippen LogP contribution in [0.4, 0.5) is 5.69 Å². The summed E-state index contributed by atoms with van der Waals surface area (Å²) in [6.07, 6.45) is 0.928. The molecule has 0 radical (unpaired) electrons. The van der Waals surface area contributed by atoms with Crippen LogP contribution in [-0.2, 0) is 9.59 Å². The molecule has 2 aromatic carbocycles. The topological polar surface area (TPSA) is 107 Å². The summed E-state index contributed by atoms with van der Waals surface area (Å²) in [4.78, 5) is 55.9. The molecule has 0 saturated carbocycles. The quantitative estimate of drug-likeness (QED) is 0.442. The van der Waals surface area contributed by atoms with Gasteiger partial charge in [0.2, 0.25) is 5.91 Å². The number of hydroxylamine groups is 2. The van der Waals surface area contributed by atoms with E-state index in [0.29, 0.717) is 36.2 Å². The number of likely N-dealkylation sites (tertiary alicyclic amines) is 2. The average Bonchev–Trinajstić information content (AvgIpc) is 3.44. The van der Waals surface area contributed by atoms with E-state index in [-0.39, 0.29) is 40.7 Å². The Balaban J connectivity index is 1.50. The summed E-state index contributed by atoms with van der Waals surface area (Å²) in [6, 6.07) is 13.5. The lowest BCUT2D eigenvalue weighted by Gasteiger charge is -2.29. The fraction of sp³-hybridized carbons (Fsp3) is 0.429. The molecule has 2 fully saturated rings. The van der Waals surface area contributed by atoms with E-state index >= 15 is 0 Å². The minimum absolute atomic E-state index is 0.0277. The molecule has 4 rings (SSSR count). The molecule has 0 spiro atoms. The van der Waals surface area contributed by atoms with Crippen LogP contribution in [0.25, 0.3) is 0 Å². The minimum atomic E-state index is -0.803. The van der Waals surface area contributed by atoms with Crippen molar-refractivity contribution in [2.75, 3.05) is 27.2 Å². The number of carbonyl (C=O) groups is 4. The predicted molar refractivity (Wildman–Crippen MR) is 139 cm³/mol. The number of nitrogens with one attached hydrogen (secondary N) is 1. The van der Waals surface area contributed by atoms with Crippen LogP contribution in [0.15, 0.2) is 54.6 Å². The summed E-state index contributed by atoms with van der Waals surface area (Å²) < 4.78 is -0.369. The van der Waals surface area contributed by atoms with Gasteiger partial charge >= 0.3 is 0 Å². The van der Waals surface area contributed by atoms with Crippen molar-refractivity contribution in [3.05, 3.63) is 65.7 Å². The van der Waals surface area contributed by atoms with Crippen LogP contribution in [0.3, 0.4) is 0 Å². The molecule has 9 nitrogen and oxygen atoms in total. The number of rotatable bonds is 7. The Hall–Kier alpha value is -3.56. The lowest BCUT2D eigenvalue weighted by atomic mass is 10.0. The maximum Gasteiger partial charge on any atom is 0.254 e. The largest absolute Gasteiger partial charge is 0.340 e. The first-order valence-electron chi connectivity index (χ1n) is 12.6. The smallest absolute Gasteiger partial charge is 0.254 e. The number of quaternary nitrogens is 1. The van der Waals surface area contributed by atoms with Gasteiger partial charge in [-0.15, -0.1) is 0 Å². The highest BCUT2D eigenvalue weighted by Gasteiger charge is 2.52. The molecular formula is C28H35N4O5+. The predicted octanol–water partition coefficient (Wildman–Crippen LogP) is 2.48. The molecular weight excluding hydrogens is 472 g/mol. The molecule has 2 aromatic rings. The summed E-state index contributed by atoms with van der Waals surface area (Å²) in [5.74, 6) is -0.950. The summed E-state index contributed by atoms with van der Waals surface area (Å²) in [6.45, 7) is 4.26. The zero-order valence-corrected chi connectivity index (χ0v) is 21.8. The fourth-order valence-electron chi connectivity index (χ4n) is 5.20. The molecule has 3 amide bonds. The molecule has 2 aliphatic rings. The number of hydrogen-bond acceptors (Lipinski definition) is 5. The maximum atomic E-state index is 13.7. The van der Waals surface area contributed by atoms with E-state index in [9.17, 15) is 24.4 Å². The molecule has 2 aliphatic heterocycles. The first-order chi connectivity index (χ1) is 17.5. The minimum Gasteiger partial charge on any atom is -0.340 e. The van der Waals surface area contributed by atoms with Crippen molar-refractivity contribution < 1.29 is 24.4 Å². The number of hydrogen-bond donors (Lipinski definition) is 2. The van der Waals surface area contributed by atoms with E-state index in [1.54, 1.807) is 72.4 Å². The van der Waals surface area contributed by atoms with Crippen molar-refractivity contribution in [3.8, 4) is 0 Å². The first kappa shape index (κ1) is 26.5. The molecule has 0 aromatic heterocycles. The molecule has 0 unspecified atom stereocenters. The highest BCUT2D eigenvalue weighted by atomic mass is 16.5. The third-order valence-corrected chi connectivity index (χ3v) is 7.06. The Kier molecular flexibility index (Phi) is 7.47. The van der Waals surface area contributed by atoms with Crippen molar-refractivity contribution in [1.82, 2.24) is 19.8 Å². The van der Waals surface area contributed by atoms with Gasteiger partial charge in [-0.1, -0.05) is 32.0 Å². The lowest BCUT2D eigenvalue weighted by molar-refractivity contribution is -0.138. The van der Waals surface area contributed by atoms with Gasteiger partial charge < -0.3 is 15.1 Å². The number of ketones is 1. The van der Waals surface area contributed by atoms with Crippen molar-refractivity contribution in [3.63, 3.8) is 0 Å². The van der Waals surface area contributed by atoms with E-state index < -0.39 is 18.0 Å². The lowest BCUT2D eigenvalue weighted by Crippen LogP contribution is -2.53. The zero-order chi connectivity index (χ0) is 26.9. The van der Waals surface area contributed by atoms with Gasteiger partial charge in [0, 0.05) is 29.8 Å². The Morgan fingerprint density at radius 1 is 1.00 bits per heavy atom. The van der Waals surface area contributed by atoms with Crippen LogP contribution in [0.5, 0.6) is 0 Å². The second-order valence-corrected chi connectivity index (χ2v) is 10.7. The number of carbonyl (C=O) groups excluding carboxylic acids is 4. The maximum absolute atomic E-state index is 13.7. The van der Waals surface area contributed by atoms with Gasteiger partial charge in [-0.2, -0.15) is 4.65 Å². The van der Waals surface area contributed by atoms with Gasteiger partial charge in [-0.3, -0.25) is 19.2 Å². The van der Waals surface area contributed by atoms with E-state index in [1.165, 1.54) is 0 Å². The van der Waals surface area contributed by atoms with Crippen LogP contribution in [0.1, 0.15) is 47.4 Å². The highest BCUT2D eigenvalue weighted by Crippen LogP contribution is 2.32. The van der Waals surface area contributed by atoms with Crippen molar-refractivity contribution >= 4 is 29.2 Å². The van der Waals surface area contributed by atoms with Gasteiger partial charge in [0.25, 0.3) is 11.8 Å². The Labute approximate surface area is 217 Å². The SMILES string of the molecule is CC(C)C[C@H](NC(=O)c1ccc([N+](C)(C)O)cc1)C(=O)N1CC[C@@H]2[C@H]1C(=O)CN2C(=O)c1ccccc1. The van der Waals surface area contributed by atoms with Crippen LogP contribution in [0.2, 0.25) is 0 Å². The normalized spacial score (nSPS) is 20.2. The molecule has 196 valence electrons. The molecule has 3 atom stereocenters. The molecule has 0 aliphatic carbocycles. The first-order valence-corrected chi connectivity index (χ1v) is 12.6. The monoisotopic (exact) mass is 507 g/mol. The highest BCUT2D eigenvalue weighted by molar-refractivity contribution is 6.03. The molecule has 2 N–H and O–H groups in total. The van der Waals surface area contributed by atoms with E-state index in [4.69, 9.17) is 0 Å². The van der Waals surface area contributed by atoms with Gasteiger partial charge in [0.05, 0.1) is 12.6 Å². The van der Waals surface area contributed by atoms with E-state index in [2.05, 4.69) is 5.32 Å². The molecule has 2 saturated heterocycles. The van der Waals surface area contributed by atoms with Crippen molar-refractivity contribution in [2.24, 2.45) is 5.92 Å². The standard InChI is InChI=1S/C28H34N4O5/c1-18(2)16-22(29-26(34)19-10-12-21(13-11-19)32(3,4)37)28(36)30-15-14-23-25(30)24(33)17-31(23)27(35)20-8-6-5-7-9-20/h5-13,18,22-23,25,37H,14-17H2,1-4H3/p+1/t22-,23+,25-/m0/s1. The molecule has 2 heterocycles. The van der Waals surface area contributed by atoms with Crippen molar-refractivity contribution in [2.45, 2.75) is 44.8 Å². The third kappa shape index (κ3) is 5.57. The number of benzene rings is 2. The third-order valence-electron chi connectivity index (χ3n) is 7.06. The number of Topliss-reactive ketones (excluding diaryl/α,β-unsaturated/α-hetero) is 1. The van der Waals surface area contributed by atoms with E-state index in [0.717, 1.165) is 0 Å². The second-order valence-electron chi connectivity index (χ2n) is 10.7. The van der Waals surface area contributed by atoms with Gasteiger partial charge in [-0.25, -0.2) is 5.21 Å². The van der Waals surface area contributed by atoms with Gasteiger partial charge in [0.15, 0.2) is 11.5 Å². The molecule has 37 heavy (non-hydrogen) atoms. The summed E-state index contributed by atoms with van der Waals surface area (Å²) in [5.41, 5.74) is 1.50. The number of amides is 3. The second kappa shape index (κ2) is 10.4. The van der Waals surface area contributed by atoms with Crippen LogP contribution in [0, 0.1) is 5.92 Å². The molecule has 0 bridgehead atoms. The van der Waals surface area contributed by atoms with Crippen LogP contribution in [-0.4, -0.2) is 83.8 Å². The van der Waals surface area contributed by atoms with Gasteiger partial charge in [-0.05, 0) is 43.0 Å². The van der Waals surface area contributed by atoms with Crippen LogP contribution >= 0.6 is 0 Å². The number of fused-ring (bicyclic) bond motifs is 1. The van der Waals surface area contributed by atoms with E-state index in [1.807, 2.05) is 19.9 Å². The van der Waals surface area contributed by atoms with Crippen LogP contribution < -0.4 is 9.96 Å². The average molecular weight is 508 g/mol. The van der Waals surface area contributed by atoms with Gasteiger partial charge in [0.1, 0.15) is 26.2 Å². The summed E-state index contributed by atoms with van der Waals surface area (Å²) in [5, 5.41) is 13.0. The summed E-state index contributed by atoms with van der Waals surface area (Å²) in [7, 11) is 3.21. The zero-order valence-electron chi connectivity index (χ0n) is 21.8. The Morgan fingerprint density at radius 3 is 2.24 bits per heavy atom. The molecule has 9 heteroatoms. The number of nitrogens with zero attached hydrogens (tertiary/aromatic N) is 3. The van der Waals surface area contributed by atoms with Crippen molar-refractivity contribution in [1.29, 1.82) is 0 Å². The fourth-order valence-corrected chi connectivity index (χ4v) is 5.20. The Bertz CT molecular complexity index is 1170.